The summed E-state index contributed by atoms with van der Waals surface area (Å²) in [4.78, 5) is 29.9. The molecule has 2 atom stereocenters. The molecule has 1 aromatic carbocycles. The van der Waals surface area contributed by atoms with Gasteiger partial charge in [-0.05, 0) is 34.9 Å². The zero-order chi connectivity index (χ0) is 19.0. The lowest BCUT2D eigenvalue weighted by Crippen LogP contribution is -2.34. The second kappa shape index (κ2) is 6.50. The number of aromatic nitrogens is 1. The number of rotatable bonds is 3. The number of amides is 3. The van der Waals surface area contributed by atoms with Crippen molar-refractivity contribution in [2.24, 2.45) is 5.11 Å². The summed E-state index contributed by atoms with van der Waals surface area (Å²) in [6, 6.07) is 6.60. The van der Waals surface area contributed by atoms with E-state index in [1.165, 1.54) is 0 Å². The minimum atomic E-state index is -0.848. The van der Waals surface area contributed by atoms with Crippen molar-refractivity contribution in [2.75, 3.05) is 5.32 Å². The summed E-state index contributed by atoms with van der Waals surface area (Å²) in [5.41, 5.74) is 9.97. The topological polar surface area (TPSA) is 138 Å². The first-order valence-electron chi connectivity index (χ1n) is 8.17. The highest BCUT2D eigenvalue weighted by atomic mass is 16.5. The maximum Gasteiger partial charge on any atom is 0.320 e. The Hall–Kier alpha value is -3.78. The van der Waals surface area contributed by atoms with E-state index in [-0.39, 0.29) is 11.9 Å². The first kappa shape index (κ1) is 16.7. The van der Waals surface area contributed by atoms with E-state index in [0.29, 0.717) is 29.6 Å². The second-order valence-electron chi connectivity index (χ2n) is 6.10. The predicted molar refractivity (Wildman–Crippen MR) is 93.6 cm³/mol. The van der Waals surface area contributed by atoms with Crippen molar-refractivity contribution in [1.82, 2.24) is 10.3 Å². The first-order chi connectivity index (χ1) is 13.1. The summed E-state index contributed by atoms with van der Waals surface area (Å²) in [7, 11) is 0. The Morgan fingerprint density at radius 1 is 1.44 bits per heavy atom. The molecule has 1 aromatic heterocycles. The van der Waals surface area contributed by atoms with E-state index in [0.717, 1.165) is 11.1 Å². The van der Waals surface area contributed by atoms with Gasteiger partial charge < -0.3 is 14.8 Å². The van der Waals surface area contributed by atoms with Crippen LogP contribution < -0.4 is 20.1 Å². The molecule has 4 rings (SSSR count). The third-order valence-electron chi connectivity index (χ3n) is 4.46. The smallest absolute Gasteiger partial charge is 0.320 e. The Balaban J connectivity index is 1.60. The van der Waals surface area contributed by atoms with E-state index in [1.54, 1.807) is 30.5 Å². The molecule has 0 saturated heterocycles. The molecule has 27 heavy (non-hydrogen) atoms. The van der Waals surface area contributed by atoms with Crippen molar-refractivity contribution >= 4 is 17.8 Å². The molecule has 136 valence electrons. The van der Waals surface area contributed by atoms with Gasteiger partial charge in [-0.25, -0.2) is 9.78 Å². The molecule has 0 radical (unpaired) electrons. The van der Waals surface area contributed by atoms with Crippen LogP contribution >= 0.6 is 0 Å². The predicted octanol–water partition coefficient (Wildman–Crippen LogP) is 3.21. The maximum atomic E-state index is 11.9. The summed E-state index contributed by atoms with van der Waals surface area (Å²) in [5, 5.41) is 8.42. The van der Waals surface area contributed by atoms with Gasteiger partial charge in [0, 0.05) is 22.6 Å². The lowest BCUT2D eigenvalue weighted by atomic mass is 9.97. The number of carbonyl (C=O) groups is 2. The van der Waals surface area contributed by atoms with E-state index < -0.39 is 12.0 Å². The van der Waals surface area contributed by atoms with Crippen LogP contribution in [0.4, 0.5) is 10.6 Å². The molecule has 0 fully saturated rings. The molecule has 2 aliphatic heterocycles. The standard InChI is InChI=1S/C17H14N6O4/c1-8-10-6-9(2-3-12(10)27-14(8)16(24)22-23-18)26-13-4-5-19-15-11(13)7-20-17(25)21-15/h2-6,8,14H,7H2,1H3,(H2,19,20,21,25)/t8?,14-/m1/s1. The van der Waals surface area contributed by atoms with Crippen molar-refractivity contribution in [1.29, 1.82) is 0 Å². The summed E-state index contributed by atoms with van der Waals surface area (Å²) in [6.07, 6.45) is 0.701. The average molecular weight is 366 g/mol. The number of hydrogen-bond donors (Lipinski definition) is 2. The molecule has 0 aliphatic carbocycles. The van der Waals surface area contributed by atoms with E-state index in [2.05, 4.69) is 25.6 Å². The van der Waals surface area contributed by atoms with Gasteiger partial charge >= 0.3 is 6.03 Å². The van der Waals surface area contributed by atoms with Gasteiger partial charge in [0.15, 0.2) is 6.10 Å². The Labute approximate surface area is 153 Å². The molecular formula is C17H14N6O4. The molecule has 2 N–H and O–H groups in total. The van der Waals surface area contributed by atoms with Gasteiger partial charge in [0.1, 0.15) is 23.1 Å². The minimum absolute atomic E-state index is 0.283. The Bertz CT molecular complexity index is 1000. The van der Waals surface area contributed by atoms with E-state index >= 15 is 0 Å². The van der Waals surface area contributed by atoms with Crippen LogP contribution in [0.5, 0.6) is 17.2 Å². The molecule has 10 nitrogen and oxygen atoms in total. The van der Waals surface area contributed by atoms with Crippen molar-refractivity contribution in [2.45, 2.75) is 25.5 Å². The number of fused-ring (bicyclic) bond motifs is 2. The van der Waals surface area contributed by atoms with Crippen LogP contribution in [0, 0.1) is 0 Å². The van der Waals surface area contributed by atoms with Gasteiger partial charge in [-0.2, -0.15) is 0 Å². The van der Waals surface area contributed by atoms with E-state index in [9.17, 15) is 9.59 Å². The highest BCUT2D eigenvalue weighted by Crippen LogP contribution is 2.41. The van der Waals surface area contributed by atoms with Crippen molar-refractivity contribution < 1.29 is 19.1 Å². The number of benzene rings is 1. The first-order valence-corrected chi connectivity index (χ1v) is 8.17. The van der Waals surface area contributed by atoms with Crippen molar-refractivity contribution in [3.05, 3.63) is 52.0 Å². The maximum absolute atomic E-state index is 11.9. The third kappa shape index (κ3) is 2.98. The molecule has 3 heterocycles. The summed E-state index contributed by atoms with van der Waals surface area (Å²) >= 11 is 0. The number of ether oxygens (including phenoxy) is 2. The van der Waals surface area contributed by atoms with Crippen LogP contribution in [0.3, 0.4) is 0 Å². The van der Waals surface area contributed by atoms with Crippen molar-refractivity contribution in [3.8, 4) is 17.2 Å². The molecule has 1 unspecified atom stereocenters. The number of hydrogen-bond acceptors (Lipinski definition) is 5. The van der Waals surface area contributed by atoms with E-state index in [4.69, 9.17) is 15.0 Å². The van der Waals surface area contributed by atoms with Gasteiger partial charge in [0.05, 0.1) is 12.1 Å². The van der Waals surface area contributed by atoms with Gasteiger partial charge in [-0.15, -0.1) is 0 Å². The van der Waals surface area contributed by atoms with Gasteiger partial charge in [0.2, 0.25) is 0 Å². The number of carbonyl (C=O) groups excluding carboxylic acids is 2. The minimum Gasteiger partial charge on any atom is -0.482 e. The lowest BCUT2D eigenvalue weighted by molar-refractivity contribution is -0.124. The van der Waals surface area contributed by atoms with Gasteiger partial charge in [-0.3, -0.25) is 10.1 Å². The van der Waals surface area contributed by atoms with Crippen LogP contribution in [0.1, 0.15) is 24.0 Å². The largest absolute Gasteiger partial charge is 0.482 e. The molecule has 0 saturated carbocycles. The Morgan fingerprint density at radius 2 is 2.30 bits per heavy atom. The highest BCUT2D eigenvalue weighted by Gasteiger charge is 2.36. The van der Waals surface area contributed by atoms with Crippen LogP contribution in [0.25, 0.3) is 10.4 Å². The fraction of sp³-hybridized carbons (Fsp3) is 0.235. The number of anilines is 1. The molecule has 10 heteroatoms. The van der Waals surface area contributed by atoms with Gasteiger partial charge in [0.25, 0.3) is 5.91 Å². The Morgan fingerprint density at radius 3 is 3.11 bits per heavy atom. The van der Waals surface area contributed by atoms with Crippen LogP contribution in [0.2, 0.25) is 0 Å². The number of azide groups is 1. The number of urea groups is 1. The zero-order valence-electron chi connectivity index (χ0n) is 14.2. The number of pyridine rings is 1. The second-order valence-corrected chi connectivity index (χ2v) is 6.10. The lowest BCUT2D eigenvalue weighted by Gasteiger charge is -2.20. The monoisotopic (exact) mass is 366 g/mol. The number of nitrogens with one attached hydrogen (secondary N) is 2. The normalized spacial score (nSPS) is 19.5. The molecule has 2 aromatic rings. The quantitative estimate of drug-likeness (QED) is 0.488. The molecular weight excluding hydrogens is 352 g/mol. The summed E-state index contributed by atoms with van der Waals surface area (Å²) in [6.45, 7) is 2.12. The zero-order valence-corrected chi connectivity index (χ0v) is 14.2. The third-order valence-corrected chi connectivity index (χ3v) is 4.46. The fourth-order valence-electron chi connectivity index (χ4n) is 3.12. The average Bonchev–Trinajstić information content (AvgIpc) is 2.98. The van der Waals surface area contributed by atoms with Crippen LogP contribution in [-0.2, 0) is 11.3 Å². The fourth-order valence-corrected chi connectivity index (χ4v) is 3.12. The van der Waals surface area contributed by atoms with Crippen LogP contribution in [-0.4, -0.2) is 23.0 Å². The SMILES string of the molecule is CC1c2cc(Oc3ccnc4c3CNC(=O)N4)ccc2O[C@H]1C(=O)N=[N+]=[N-]. The molecule has 3 amide bonds. The molecule has 0 spiro atoms. The molecule has 0 bridgehead atoms. The van der Waals surface area contributed by atoms with E-state index in [1.807, 2.05) is 6.92 Å². The summed E-state index contributed by atoms with van der Waals surface area (Å²) in [5.74, 6) is 1.16. The van der Waals surface area contributed by atoms with Crippen molar-refractivity contribution in [3.63, 3.8) is 0 Å². The Kier molecular flexibility index (Phi) is 4.02. The number of nitrogens with zero attached hydrogens (tertiary/aromatic N) is 4. The highest BCUT2D eigenvalue weighted by molar-refractivity contribution is 5.91. The van der Waals surface area contributed by atoms with Gasteiger partial charge in [-0.1, -0.05) is 6.92 Å². The summed E-state index contributed by atoms with van der Waals surface area (Å²) < 4.78 is 11.6. The van der Waals surface area contributed by atoms with Crippen LogP contribution in [0.15, 0.2) is 35.6 Å². The molecule has 2 aliphatic rings.